The maximum absolute atomic E-state index is 12.7. The molecular weight excluding hydrogens is 312 g/mol. The maximum Gasteiger partial charge on any atom is 0.229 e. The lowest BCUT2D eigenvalue weighted by Crippen LogP contribution is -2.28. The quantitative estimate of drug-likeness (QED) is 0.922. The molecule has 4 nitrogen and oxygen atoms in total. The maximum atomic E-state index is 12.7. The highest BCUT2D eigenvalue weighted by Crippen LogP contribution is 2.31. The SMILES string of the molecule is CC(C)(C)c1ccccc1NC(=O)C1CC(=O)N(c2ccccc2)C1. The van der Waals surface area contributed by atoms with Gasteiger partial charge in [0.1, 0.15) is 0 Å². The first-order valence-electron chi connectivity index (χ1n) is 8.62. The first-order chi connectivity index (χ1) is 11.9. The van der Waals surface area contributed by atoms with Crippen molar-refractivity contribution < 1.29 is 9.59 Å². The monoisotopic (exact) mass is 336 g/mol. The van der Waals surface area contributed by atoms with Crippen LogP contribution in [0.1, 0.15) is 32.8 Å². The summed E-state index contributed by atoms with van der Waals surface area (Å²) in [6, 6.07) is 17.4. The molecule has 1 heterocycles. The van der Waals surface area contributed by atoms with Crippen molar-refractivity contribution in [3.8, 4) is 0 Å². The Hall–Kier alpha value is -2.62. The summed E-state index contributed by atoms with van der Waals surface area (Å²) < 4.78 is 0. The largest absolute Gasteiger partial charge is 0.326 e. The molecule has 0 bridgehead atoms. The number of anilines is 2. The number of benzene rings is 2. The molecule has 25 heavy (non-hydrogen) atoms. The number of hydrogen-bond donors (Lipinski definition) is 1. The standard InChI is InChI=1S/C21H24N2O2/c1-21(2,3)17-11-7-8-12-18(17)22-20(25)15-13-19(24)23(14-15)16-9-5-4-6-10-16/h4-12,15H,13-14H2,1-3H3,(H,22,25). The van der Waals surface area contributed by atoms with E-state index in [9.17, 15) is 9.59 Å². The van der Waals surface area contributed by atoms with Crippen molar-refractivity contribution in [2.75, 3.05) is 16.8 Å². The lowest BCUT2D eigenvalue weighted by atomic mass is 9.85. The predicted molar refractivity (Wildman–Crippen MR) is 101 cm³/mol. The highest BCUT2D eigenvalue weighted by atomic mass is 16.2. The lowest BCUT2D eigenvalue weighted by molar-refractivity contribution is -0.122. The van der Waals surface area contributed by atoms with Crippen LogP contribution < -0.4 is 10.2 Å². The van der Waals surface area contributed by atoms with Crippen molar-refractivity contribution in [1.29, 1.82) is 0 Å². The lowest BCUT2D eigenvalue weighted by Gasteiger charge is -2.23. The summed E-state index contributed by atoms with van der Waals surface area (Å²) in [4.78, 5) is 26.7. The zero-order valence-corrected chi connectivity index (χ0v) is 15.0. The minimum atomic E-state index is -0.333. The van der Waals surface area contributed by atoms with E-state index in [0.29, 0.717) is 6.54 Å². The van der Waals surface area contributed by atoms with Crippen molar-refractivity contribution >= 4 is 23.2 Å². The average molecular weight is 336 g/mol. The van der Waals surface area contributed by atoms with E-state index < -0.39 is 0 Å². The molecule has 1 aliphatic heterocycles. The van der Waals surface area contributed by atoms with Crippen molar-refractivity contribution in [3.05, 3.63) is 60.2 Å². The smallest absolute Gasteiger partial charge is 0.229 e. The first kappa shape index (κ1) is 17.2. The van der Waals surface area contributed by atoms with Gasteiger partial charge in [0.25, 0.3) is 0 Å². The van der Waals surface area contributed by atoms with Gasteiger partial charge < -0.3 is 10.2 Å². The number of nitrogens with zero attached hydrogens (tertiary/aromatic N) is 1. The van der Waals surface area contributed by atoms with Crippen molar-refractivity contribution in [1.82, 2.24) is 0 Å². The van der Waals surface area contributed by atoms with Crippen LogP contribution in [-0.2, 0) is 15.0 Å². The first-order valence-corrected chi connectivity index (χ1v) is 8.62. The molecular formula is C21H24N2O2. The second kappa shape index (κ2) is 6.71. The summed E-state index contributed by atoms with van der Waals surface area (Å²) >= 11 is 0. The van der Waals surface area contributed by atoms with Gasteiger partial charge in [-0.3, -0.25) is 9.59 Å². The Morgan fingerprint density at radius 3 is 2.36 bits per heavy atom. The van der Waals surface area contributed by atoms with Crippen LogP contribution in [0.5, 0.6) is 0 Å². The summed E-state index contributed by atoms with van der Waals surface area (Å²) in [6.07, 6.45) is 0.248. The molecule has 0 aliphatic carbocycles. The van der Waals surface area contributed by atoms with Crippen LogP contribution in [-0.4, -0.2) is 18.4 Å². The van der Waals surface area contributed by atoms with E-state index in [-0.39, 0.29) is 29.6 Å². The van der Waals surface area contributed by atoms with E-state index in [2.05, 4.69) is 26.1 Å². The minimum Gasteiger partial charge on any atom is -0.326 e. The van der Waals surface area contributed by atoms with Gasteiger partial charge in [0.05, 0.1) is 5.92 Å². The van der Waals surface area contributed by atoms with Gasteiger partial charge in [-0.1, -0.05) is 57.2 Å². The number of nitrogens with one attached hydrogen (secondary N) is 1. The molecule has 0 radical (unpaired) electrons. The molecule has 0 spiro atoms. The number of hydrogen-bond acceptors (Lipinski definition) is 2. The second-order valence-corrected chi connectivity index (χ2v) is 7.53. The van der Waals surface area contributed by atoms with Gasteiger partial charge in [-0.25, -0.2) is 0 Å². The molecule has 1 N–H and O–H groups in total. The Labute approximate surface area is 148 Å². The van der Waals surface area contributed by atoms with Gasteiger partial charge in [0.2, 0.25) is 11.8 Å². The third-order valence-corrected chi connectivity index (χ3v) is 4.56. The molecule has 1 saturated heterocycles. The molecule has 0 aromatic heterocycles. The highest BCUT2D eigenvalue weighted by molar-refractivity contribution is 6.03. The van der Waals surface area contributed by atoms with Crippen LogP contribution in [0, 0.1) is 5.92 Å². The fourth-order valence-corrected chi connectivity index (χ4v) is 3.22. The molecule has 0 saturated carbocycles. The number of rotatable bonds is 3. The molecule has 1 unspecified atom stereocenters. The molecule has 130 valence electrons. The van der Waals surface area contributed by atoms with Gasteiger partial charge in [-0.15, -0.1) is 0 Å². The normalized spacial score (nSPS) is 17.6. The van der Waals surface area contributed by atoms with E-state index >= 15 is 0 Å². The van der Waals surface area contributed by atoms with E-state index in [0.717, 1.165) is 16.9 Å². The third kappa shape index (κ3) is 3.73. The van der Waals surface area contributed by atoms with Crippen LogP contribution in [0.15, 0.2) is 54.6 Å². The third-order valence-electron chi connectivity index (χ3n) is 4.56. The van der Waals surface area contributed by atoms with E-state index in [1.807, 2.05) is 54.6 Å². The van der Waals surface area contributed by atoms with Gasteiger partial charge in [-0.2, -0.15) is 0 Å². The zero-order valence-electron chi connectivity index (χ0n) is 15.0. The van der Waals surface area contributed by atoms with Crippen molar-refractivity contribution in [2.45, 2.75) is 32.6 Å². The summed E-state index contributed by atoms with van der Waals surface area (Å²) in [6.45, 7) is 6.78. The number of carbonyl (C=O) groups is 2. The van der Waals surface area contributed by atoms with Crippen LogP contribution in [0.25, 0.3) is 0 Å². The van der Waals surface area contributed by atoms with Gasteiger partial charge in [-0.05, 0) is 29.2 Å². The average Bonchev–Trinajstić information content (AvgIpc) is 2.97. The highest BCUT2D eigenvalue weighted by Gasteiger charge is 2.35. The minimum absolute atomic E-state index is 0.00421. The number of para-hydroxylation sites is 2. The summed E-state index contributed by atoms with van der Waals surface area (Å²) in [5, 5.41) is 3.03. The van der Waals surface area contributed by atoms with Crippen LogP contribution in [0.2, 0.25) is 0 Å². The zero-order chi connectivity index (χ0) is 18.0. The summed E-state index contributed by atoms with van der Waals surface area (Å²) in [5.41, 5.74) is 2.70. The van der Waals surface area contributed by atoms with Gasteiger partial charge >= 0.3 is 0 Å². The van der Waals surface area contributed by atoms with Crippen molar-refractivity contribution in [2.24, 2.45) is 5.92 Å². The Morgan fingerprint density at radius 2 is 1.68 bits per heavy atom. The molecule has 1 aliphatic rings. The van der Waals surface area contributed by atoms with Gasteiger partial charge in [0.15, 0.2) is 0 Å². The van der Waals surface area contributed by atoms with E-state index in [4.69, 9.17) is 0 Å². The molecule has 2 aromatic rings. The second-order valence-electron chi connectivity index (χ2n) is 7.53. The van der Waals surface area contributed by atoms with Gasteiger partial charge in [0, 0.05) is 24.3 Å². The predicted octanol–water partition coefficient (Wildman–Crippen LogP) is 3.98. The van der Waals surface area contributed by atoms with Crippen LogP contribution in [0.3, 0.4) is 0 Å². The Kier molecular flexibility index (Phi) is 4.62. The summed E-state index contributed by atoms with van der Waals surface area (Å²) in [7, 11) is 0. The summed E-state index contributed by atoms with van der Waals surface area (Å²) in [5.74, 6) is -0.431. The van der Waals surface area contributed by atoms with E-state index in [1.54, 1.807) is 4.90 Å². The Morgan fingerprint density at radius 1 is 1.04 bits per heavy atom. The van der Waals surface area contributed by atoms with Crippen molar-refractivity contribution in [3.63, 3.8) is 0 Å². The molecule has 3 rings (SSSR count). The molecule has 1 atom stereocenters. The Bertz CT molecular complexity index is 778. The molecule has 2 amide bonds. The fraction of sp³-hybridized carbons (Fsp3) is 0.333. The number of carbonyl (C=O) groups excluding carboxylic acids is 2. The van der Waals surface area contributed by atoms with Crippen LogP contribution >= 0.6 is 0 Å². The topological polar surface area (TPSA) is 49.4 Å². The molecule has 4 heteroatoms. The molecule has 1 fully saturated rings. The molecule has 2 aromatic carbocycles. The van der Waals surface area contributed by atoms with Crippen LogP contribution in [0.4, 0.5) is 11.4 Å². The Balaban J connectivity index is 1.75. The number of amides is 2. The van der Waals surface area contributed by atoms with E-state index in [1.165, 1.54) is 0 Å². The fourth-order valence-electron chi connectivity index (χ4n) is 3.22.